The third-order valence-corrected chi connectivity index (χ3v) is 5.35. The maximum atomic E-state index is 3.86. The van der Waals surface area contributed by atoms with Gasteiger partial charge in [-0.15, -0.1) is 0 Å². The van der Waals surface area contributed by atoms with E-state index in [9.17, 15) is 0 Å². The van der Waals surface area contributed by atoms with Crippen molar-refractivity contribution in [1.82, 2.24) is 5.32 Å². The van der Waals surface area contributed by atoms with Crippen molar-refractivity contribution in [2.45, 2.75) is 65.3 Å². The molecular weight excluding hydrogens is 254 g/mol. The lowest BCUT2D eigenvalue weighted by atomic mass is 9.81. The first-order chi connectivity index (χ1) is 10.1. The van der Waals surface area contributed by atoms with Crippen LogP contribution in [0.25, 0.3) is 0 Å². The lowest BCUT2D eigenvalue weighted by molar-refractivity contribution is 0.247. The van der Waals surface area contributed by atoms with E-state index in [2.05, 4.69) is 63.3 Å². The Morgan fingerprint density at radius 2 is 1.48 bits per heavy atom. The van der Waals surface area contributed by atoms with E-state index in [0.717, 1.165) is 29.7 Å². The highest BCUT2D eigenvalue weighted by molar-refractivity contribution is 5.20. The van der Waals surface area contributed by atoms with Gasteiger partial charge in [-0.3, -0.25) is 0 Å². The molecular formula is C20H33N. The summed E-state index contributed by atoms with van der Waals surface area (Å²) < 4.78 is 0. The lowest BCUT2D eigenvalue weighted by Gasteiger charge is -2.32. The zero-order valence-corrected chi connectivity index (χ0v) is 14.3. The van der Waals surface area contributed by atoms with E-state index >= 15 is 0 Å². The molecule has 21 heavy (non-hydrogen) atoms. The molecule has 0 aromatic heterocycles. The van der Waals surface area contributed by atoms with E-state index in [1.165, 1.54) is 37.8 Å². The molecule has 0 bridgehead atoms. The Morgan fingerprint density at radius 3 is 2.00 bits per heavy atom. The highest BCUT2D eigenvalue weighted by Crippen LogP contribution is 2.33. The highest BCUT2D eigenvalue weighted by atomic mass is 14.9. The van der Waals surface area contributed by atoms with Crippen LogP contribution in [0.5, 0.6) is 0 Å². The number of nitrogens with one attached hydrogen (secondary N) is 1. The molecule has 1 fully saturated rings. The largest absolute Gasteiger partial charge is 0.314 e. The van der Waals surface area contributed by atoms with E-state index in [4.69, 9.17) is 0 Å². The first kappa shape index (κ1) is 16.5. The van der Waals surface area contributed by atoms with Crippen LogP contribution in [-0.4, -0.2) is 12.6 Å². The normalized spacial score (nSPS) is 23.2. The zero-order valence-electron chi connectivity index (χ0n) is 14.3. The van der Waals surface area contributed by atoms with Gasteiger partial charge in [-0.1, -0.05) is 58.0 Å². The second kappa shape index (κ2) is 7.98. The number of hydrogen-bond acceptors (Lipinski definition) is 1. The highest BCUT2D eigenvalue weighted by Gasteiger charge is 2.24. The summed E-state index contributed by atoms with van der Waals surface area (Å²) in [5, 5.41) is 3.86. The Labute approximate surface area is 131 Å². The van der Waals surface area contributed by atoms with E-state index in [1.807, 2.05) is 0 Å². The summed E-state index contributed by atoms with van der Waals surface area (Å²) in [5.74, 6) is 3.14. The van der Waals surface area contributed by atoms with Crippen LogP contribution in [-0.2, 0) is 0 Å². The van der Waals surface area contributed by atoms with Crippen molar-refractivity contribution >= 4 is 0 Å². The maximum absolute atomic E-state index is 3.86. The van der Waals surface area contributed by atoms with Crippen molar-refractivity contribution in [2.75, 3.05) is 6.54 Å². The van der Waals surface area contributed by atoms with Crippen molar-refractivity contribution in [3.63, 3.8) is 0 Å². The molecule has 1 aliphatic rings. The third kappa shape index (κ3) is 4.85. The van der Waals surface area contributed by atoms with Crippen molar-refractivity contribution < 1.29 is 0 Å². The average molecular weight is 287 g/mol. The molecule has 1 heteroatoms. The predicted octanol–water partition coefficient (Wildman–Crippen LogP) is 5.23. The van der Waals surface area contributed by atoms with Crippen LogP contribution >= 0.6 is 0 Å². The Balaban J connectivity index is 1.77. The topological polar surface area (TPSA) is 12.0 Å². The molecule has 118 valence electrons. The monoisotopic (exact) mass is 287 g/mol. The molecule has 0 unspecified atom stereocenters. The van der Waals surface area contributed by atoms with Gasteiger partial charge in [-0.2, -0.15) is 0 Å². The van der Waals surface area contributed by atoms with Crippen LogP contribution in [0.3, 0.4) is 0 Å². The van der Waals surface area contributed by atoms with E-state index in [-0.39, 0.29) is 0 Å². The summed E-state index contributed by atoms with van der Waals surface area (Å²) in [6.45, 7) is 10.6. The second-order valence-electron chi connectivity index (χ2n) is 7.52. The van der Waals surface area contributed by atoms with Gasteiger partial charge >= 0.3 is 0 Å². The molecule has 0 heterocycles. The summed E-state index contributed by atoms with van der Waals surface area (Å²) in [6, 6.07) is 11.8. The summed E-state index contributed by atoms with van der Waals surface area (Å²) in [7, 11) is 0. The Bertz CT molecular complexity index is 380. The molecule has 1 saturated carbocycles. The predicted molar refractivity (Wildman–Crippen MR) is 92.6 cm³/mol. The summed E-state index contributed by atoms with van der Waals surface area (Å²) in [4.78, 5) is 0. The van der Waals surface area contributed by atoms with Crippen LogP contribution < -0.4 is 5.32 Å². The van der Waals surface area contributed by atoms with Crippen LogP contribution in [0.15, 0.2) is 30.3 Å². The minimum atomic E-state index is 0.741. The standard InChI is InChI=1S/C20H33N/c1-15(2)20(16(3)4)14-21-19-12-10-18(11-13-19)17-8-6-5-7-9-17/h5-9,15-16,18-21H,10-14H2,1-4H3. The van der Waals surface area contributed by atoms with Crippen molar-refractivity contribution in [3.05, 3.63) is 35.9 Å². The van der Waals surface area contributed by atoms with Crippen LogP contribution in [0.1, 0.15) is 64.9 Å². The van der Waals surface area contributed by atoms with Crippen molar-refractivity contribution in [1.29, 1.82) is 0 Å². The molecule has 0 saturated heterocycles. The van der Waals surface area contributed by atoms with Gasteiger partial charge in [0.1, 0.15) is 0 Å². The molecule has 0 amide bonds. The average Bonchev–Trinajstić information content (AvgIpc) is 2.48. The van der Waals surface area contributed by atoms with Gasteiger partial charge in [0.15, 0.2) is 0 Å². The van der Waals surface area contributed by atoms with Gasteiger partial charge in [0.05, 0.1) is 0 Å². The quantitative estimate of drug-likeness (QED) is 0.755. The van der Waals surface area contributed by atoms with Gasteiger partial charge in [-0.25, -0.2) is 0 Å². The number of benzene rings is 1. The van der Waals surface area contributed by atoms with Gasteiger partial charge in [0, 0.05) is 6.04 Å². The molecule has 0 spiro atoms. The molecule has 0 radical (unpaired) electrons. The van der Waals surface area contributed by atoms with E-state index in [1.54, 1.807) is 0 Å². The lowest BCUT2D eigenvalue weighted by Crippen LogP contribution is -2.38. The number of rotatable bonds is 6. The van der Waals surface area contributed by atoms with Gasteiger partial charge in [0.2, 0.25) is 0 Å². The summed E-state index contributed by atoms with van der Waals surface area (Å²) in [6.07, 6.45) is 5.36. The fraction of sp³-hybridized carbons (Fsp3) is 0.700. The molecule has 1 aromatic carbocycles. The van der Waals surface area contributed by atoms with Crippen molar-refractivity contribution in [2.24, 2.45) is 17.8 Å². The third-order valence-electron chi connectivity index (χ3n) is 5.35. The van der Waals surface area contributed by atoms with E-state index in [0.29, 0.717) is 0 Å². The van der Waals surface area contributed by atoms with Crippen LogP contribution in [0.2, 0.25) is 0 Å². The molecule has 1 aromatic rings. The first-order valence-corrected chi connectivity index (χ1v) is 8.86. The van der Waals surface area contributed by atoms with Crippen LogP contribution in [0.4, 0.5) is 0 Å². The Kier molecular flexibility index (Phi) is 6.29. The molecule has 2 rings (SSSR count). The van der Waals surface area contributed by atoms with Gasteiger partial charge in [0.25, 0.3) is 0 Å². The molecule has 1 aliphatic carbocycles. The smallest absolute Gasteiger partial charge is 0.00676 e. The first-order valence-electron chi connectivity index (χ1n) is 8.86. The second-order valence-corrected chi connectivity index (χ2v) is 7.52. The van der Waals surface area contributed by atoms with Crippen LogP contribution in [0, 0.1) is 17.8 Å². The fourth-order valence-electron chi connectivity index (χ4n) is 3.90. The Morgan fingerprint density at radius 1 is 0.905 bits per heavy atom. The molecule has 0 atom stereocenters. The summed E-state index contributed by atoms with van der Waals surface area (Å²) >= 11 is 0. The zero-order chi connectivity index (χ0) is 15.2. The fourth-order valence-corrected chi connectivity index (χ4v) is 3.90. The van der Waals surface area contributed by atoms with E-state index < -0.39 is 0 Å². The van der Waals surface area contributed by atoms with Gasteiger partial charge < -0.3 is 5.32 Å². The Hall–Kier alpha value is -0.820. The molecule has 1 nitrogen and oxygen atoms in total. The minimum absolute atomic E-state index is 0.741. The SMILES string of the molecule is CC(C)C(CNC1CCC(c2ccccc2)CC1)C(C)C. The van der Waals surface area contributed by atoms with Crippen molar-refractivity contribution in [3.8, 4) is 0 Å². The maximum Gasteiger partial charge on any atom is 0.00676 e. The molecule has 1 N–H and O–H groups in total. The van der Waals surface area contributed by atoms with Gasteiger partial charge in [-0.05, 0) is 61.5 Å². The number of hydrogen-bond donors (Lipinski definition) is 1. The summed E-state index contributed by atoms with van der Waals surface area (Å²) in [5.41, 5.74) is 1.54. The molecule has 0 aliphatic heterocycles. The minimum Gasteiger partial charge on any atom is -0.314 e.